The first-order valence-electron chi connectivity index (χ1n) is 15.0. The van der Waals surface area contributed by atoms with Crippen molar-refractivity contribution in [3.05, 3.63) is 169 Å². The maximum atomic E-state index is 6.63. The summed E-state index contributed by atoms with van der Waals surface area (Å²) in [4.78, 5) is 10.5. The van der Waals surface area contributed by atoms with Gasteiger partial charge in [0.05, 0.1) is 11.2 Å². The molecule has 212 valence electrons. The number of benzene rings is 7. The fourth-order valence-corrected chi connectivity index (χ4v) is 6.37. The highest BCUT2D eigenvalue weighted by Gasteiger charge is 2.18. The van der Waals surface area contributed by atoms with E-state index in [1.165, 1.54) is 5.56 Å². The lowest BCUT2D eigenvalue weighted by Gasteiger charge is -2.16. The molecule has 7 aromatic carbocycles. The van der Waals surface area contributed by atoms with Crippen LogP contribution in [-0.4, -0.2) is 9.97 Å². The standard InChI is InChI=1S/C42H27ClN2/c43-39-25-24-35(33-18-10-11-19-34(33)39)42-44-40-27-37(31-16-8-3-9-17-31)36(30-14-6-2-7-15-30)26-38(40)41(45-42)32-22-20-29(21-23-32)28-12-4-1-5-13-28/h1-27H. The molecule has 0 radical (unpaired) electrons. The van der Waals surface area contributed by atoms with Crippen LogP contribution in [0.1, 0.15) is 0 Å². The van der Waals surface area contributed by atoms with E-state index in [-0.39, 0.29) is 0 Å². The van der Waals surface area contributed by atoms with Gasteiger partial charge in [-0.2, -0.15) is 0 Å². The summed E-state index contributed by atoms with van der Waals surface area (Å²) in [5, 5.41) is 3.73. The Labute approximate surface area is 267 Å². The van der Waals surface area contributed by atoms with Crippen molar-refractivity contribution in [1.29, 1.82) is 0 Å². The van der Waals surface area contributed by atoms with Crippen LogP contribution in [0.15, 0.2) is 164 Å². The summed E-state index contributed by atoms with van der Waals surface area (Å²) >= 11 is 6.63. The molecule has 0 N–H and O–H groups in total. The number of nitrogens with zero attached hydrogens (tertiary/aromatic N) is 2. The summed E-state index contributed by atoms with van der Waals surface area (Å²) < 4.78 is 0. The van der Waals surface area contributed by atoms with Crippen LogP contribution in [0, 0.1) is 0 Å². The quantitative estimate of drug-likeness (QED) is 0.198. The van der Waals surface area contributed by atoms with Gasteiger partial charge in [-0.1, -0.05) is 151 Å². The third-order valence-corrected chi connectivity index (χ3v) is 8.71. The number of rotatable bonds is 5. The molecule has 2 nitrogen and oxygen atoms in total. The van der Waals surface area contributed by atoms with E-state index in [2.05, 4.69) is 127 Å². The third-order valence-electron chi connectivity index (χ3n) is 8.38. The van der Waals surface area contributed by atoms with Crippen molar-refractivity contribution in [2.45, 2.75) is 0 Å². The average Bonchev–Trinajstić information content (AvgIpc) is 3.12. The zero-order valence-corrected chi connectivity index (χ0v) is 25.1. The minimum Gasteiger partial charge on any atom is -0.228 e. The van der Waals surface area contributed by atoms with Crippen LogP contribution < -0.4 is 0 Å². The SMILES string of the molecule is Clc1ccc(-c2nc(-c3ccc(-c4ccccc4)cc3)c3cc(-c4ccccc4)c(-c4ccccc4)cc3n2)c2ccccc12. The monoisotopic (exact) mass is 594 g/mol. The Morgan fingerprint density at radius 2 is 0.867 bits per heavy atom. The second kappa shape index (κ2) is 11.5. The summed E-state index contributed by atoms with van der Waals surface area (Å²) in [7, 11) is 0. The Kier molecular flexibility index (Phi) is 6.90. The van der Waals surface area contributed by atoms with Crippen LogP contribution >= 0.6 is 11.6 Å². The predicted molar refractivity (Wildman–Crippen MR) is 189 cm³/mol. The fourth-order valence-electron chi connectivity index (χ4n) is 6.14. The van der Waals surface area contributed by atoms with Gasteiger partial charge in [0.25, 0.3) is 0 Å². The molecule has 0 unspecified atom stereocenters. The average molecular weight is 595 g/mol. The molecule has 0 fully saturated rings. The number of halogens is 1. The fraction of sp³-hybridized carbons (Fsp3) is 0. The summed E-state index contributed by atoms with van der Waals surface area (Å²) in [6.45, 7) is 0. The van der Waals surface area contributed by atoms with Gasteiger partial charge in [-0.05, 0) is 63.0 Å². The molecule has 8 rings (SSSR count). The van der Waals surface area contributed by atoms with Gasteiger partial charge in [-0.15, -0.1) is 0 Å². The maximum absolute atomic E-state index is 6.63. The minimum atomic E-state index is 0.670. The molecular weight excluding hydrogens is 568 g/mol. The van der Waals surface area contributed by atoms with E-state index in [1.807, 2.05) is 36.4 Å². The molecule has 0 bridgehead atoms. The largest absolute Gasteiger partial charge is 0.228 e. The van der Waals surface area contributed by atoms with Crippen LogP contribution in [0.25, 0.3) is 77.7 Å². The molecule has 0 aliphatic carbocycles. The molecule has 0 saturated carbocycles. The number of aromatic nitrogens is 2. The van der Waals surface area contributed by atoms with E-state index in [9.17, 15) is 0 Å². The van der Waals surface area contributed by atoms with Crippen molar-refractivity contribution in [1.82, 2.24) is 9.97 Å². The first-order chi connectivity index (χ1) is 22.2. The second-order valence-corrected chi connectivity index (χ2v) is 11.5. The third kappa shape index (κ3) is 5.06. The van der Waals surface area contributed by atoms with Gasteiger partial charge in [0.2, 0.25) is 0 Å². The first kappa shape index (κ1) is 27.0. The summed E-state index contributed by atoms with van der Waals surface area (Å²) in [5.41, 5.74) is 10.7. The molecule has 0 amide bonds. The van der Waals surface area contributed by atoms with E-state index in [0.29, 0.717) is 10.8 Å². The highest BCUT2D eigenvalue weighted by Crippen LogP contribution is 2.40. The van der Waals surface area contributed by atoms with Crippen molar-refractivity contribution in [2.24, 2.45) is 0 Å². The van der Waals surface area contributed by atoms with Crippen LogP contribution in [0.5, 0.6) is 0 Å². The van der Waals surface area contributed by atoms with Crippen LogP contribution in [0.4, 0.5) is 0 Å². The van der Waals surface area contributed by atoms with Gasteiger partial charge in [0.1, 0.15) is 0 Å². The van der Waals surface area contributed by atoms with E-state index < -0.39 is 0 Å². The van der Waals surface area contributed by atoms with Crippen LogP contribution in [0.2, 0.25) is 5.02 Å². The molecule has 8 aromatic rings. The van der Waals surface area contributed by atoms with Crippen LogP contribution in [0.3, 0.4) is 0 Å². The summed E-state index contributed by atoms with van der Waals surface area (Å²) in [6.07, 6.45) is 0. The Morgan fingerprint density at radius 1 is 0.356 bits per heavy atom. The topological polar surface area (TPSA) is 25.8 Å². The van der Waals surface area contributed by atoms with Crippen LogP contribution in [-0.2, 0) is 0 Å². The highest BCUT2D eigenvalue weighted by atomic mass is 35.5. The Morgan fingerprint density at radius 3 is 1.51 bits per heavy atom. The molecule has 0 saturated heterocycles. The minimum absolute atomic E-state index is 0.670. The number of hydrogen-bond acceptors (Lipinski definition) is 2. The molecule has 0 spiro atoms. The van der Waals surface area contributed by atoms with E-state index in [1.54, 1.807) is 0 Å². The highest BCUT2D eigenvalue weighted by molar-refractivity contribution is 6.36. The Bertz CT molecular complexity index is 2300. The zero-order chi connectivity index (χ0) is 30.2. The van der Waals surface area contributed by atoms with Gasteiger partial charge in [-0.25, -0.2) is 9.97 Å². The molecule has 3 heteroatoms. The van der Waals surface area contributed by atoms with Crippen molar-refractivity contribution in [3.63, 3.8) is 0 Å². The lowest BCUT2D eigenvalue weighted by atomic mass is 9.91. The molecular formula is C42H27ClN2. The zero-order valence-electron chi connectivity index (χ0n) is 24.4. The second-order valence-electron chi connectivity index (χ2n) is 11.1. The predicted octanol–water partition coefficient (Wildman–Crippen LogP) is 11.8. The lowest BCUT2D eigenvalue weighted by molar-refractivity contribution is 1.23. The molecule has 1 aromatic heterocycles. The number of hydrogen-bond donors (Lipinski definition) is 0. The molecule has 0 aliphatic heterocycles. The molecule has 45 heavy (non-hydrogen) atoms. The van der Waals surface area contributed by atoms with E-state index in [4.69, 9.17) is 21.6 Å². The lowest BCUT2D eigenvalue weighted by Crippen LogP contribution is -1.98. The normalized spacial score (nSPS) is 11.2. The number of fused-ring (bicyclic) bond motifs is 2. The molecule has 0 atom stereocenters. The Hall–Kier alpha value is -5.57. The smallest absolute Gasteiger partial charge is 0.161 e. The molecule has 0 aliphatic rings. The van der Waals surface area contributed by atoms with Gasteiger partial charge >= 0.3 is 0 Å². The first-order valence-corrected chi connectivity index (χ1v) is 15.4. The van der Waals surface area contributed by atoms with Gasteiger partial charge in [-0.3, -0.25) is 0 Å². The van der Waals surface area contributed by atoms with Crippen molar-refractivity contribution in [2.75, 3.05) is 0 Å². The van der Waals surface area contributed by atoms with E-state index >= 15 is 0 Å². The summed E-state index contributed by atoms with van der Waals surface area (Å²) in [5.74, 6) is 0.670. The van der Waals surface area contributed by atoms with Gasteiger partial charge < -0.3 is 0 Å². The van der Waals surface area contributed by atoms with Crippen molar-refractivity contribution in [3.8, 4) is 56.0 Å². The van der Waals surface area contributed by atoms with Crippen molar-refractivity contribution >= 4 is 33.3 Å². The summed E-state index contributed by atoms with van der Waals surface area (Å²) in [6, 6.07) is 56.9. The maximum Gasteiger partial charge on any atom is 0.161 e. The van der Waals surface area contributed by atoms with E-state index in [0.717, 1.165) is 66.3 Å². The van der Waals surface area contributed by atoms with Gasteiger partial charge in [0, 0.05) is 26.9 Å². The van der Waals surface area contributed by atoms with Crippen molar-refractivity contribution < 1.29 is 0 Å². The Balaban J connectivity index is 1.42. The molecule has 1 heterocycles. The van der Waals surface area contributed by atoms with Gasteiger partial charge in [0.15, 0.2) is 5.82 Å².